The summed E-state index contributed by atoms with van der Waals surface area (Å²) >= 11 is 0. The Kier molecular flexibility index (Phi) is 23.8. The summed E-state index contributed by atoms with van der Waals surface area (Å²) in [6.45, 7) is -6.06. The van der Waals surface area contributed by atoms with E-state index in [1.165, 1.54) is 48.3 Å². The van der Waals surface area contributed by atoms with E-state index < -0.39 is 30.3 Å². The summed E-state index contributed by atoms with van der Waals surface area (Å²) in [7, 11) is 3.08. The van der Waals surface area contributed by atoms with Crippen molar-refractivity contribution in [2.24, 2.45) is 27.2 Å². The van der Waals surface area contributed by atoms with E-state index in [1.54, 1.807) is 62.0 Å². The fraction of sp³-hybridized carbons (Fsp3) is 0.156. The van der Waals surface area contributed by atoms with Crippen LogP contribution in [0.2, 0.25) is 0 Å². The number of carbonyl (C=O) groups is 4. The van der Waals surface area contributed by atoms with Gasteiger partial charge in [0.05, 0.1) is 12.5 Å². The number of guanidine groups is 2. The summed E-state index contributed by atoms with van der Waals surface area (Å²) in [4.78, 5) is 58.5. The van der Waals surface area contributed by atoms with Crippen LogP contribution in [0.1, 0.15) is 55.9 Å². The van der Waals surface area contributed by atoms with Gasteiger partial charge in [0.25, 0.3) is 12.4 Å². The van der Waals surface area contributed by atoms with E-state index in [9.17, 15) is 31.9 Å². The van der Waals surface area contributed by atoms with Crippen molar-refractivity contribution < 1.29 is 126 Å². The molecule has 0 aliphatic carbocycles. The minimum absolute atomic E-state index is 0. The van der Waals surface area contributed by atoms with Crippen LogP contribution in [0.4, 0.5) is 17.6 Å². The molecule has 0 saturated carbocycles. The van der Waals surface area contributed by atoms with Gasteiger partial charge in [0.2, 0.25) is 11.6 Å². The zero-order valence-corrected chi connectivity index (χ0v) is 40.5. The zero-order valence-electron chi connectivity index (χ0n) is 37.5. The number of furan rings is 2. The van der Waals surface area contributed by atoms with Crippen LogP contribution in [-0.2, 0) is 32.9 Å². The van der Waals surface area contributed by atoms with Crippen LogP contribution in [0.25, 0.3) is 0 Å². The maximum absolute atomic E-state index is 13.3. The van der Waals surface area contributed by atoms with Crippen LogP contribution in [0.3, 0.4) is 0 Å². The number of hydrogen-bond donors (Lipinski definition) is 3. The molecule has 0 saturated heterocycles. The van der Waals surface area contributed by atoms with Gasteiger partial charge < -0.3 is 47.1 Å². The Hall–Kier alpha value is -6.26. The fourth-order valence-corrected chi connectivity index (χ4v) is 6.07. The van der Waals surface area contributed by atoms with E-state index in [0.29, 0.717) is 24.0 Å². The molecule has 1 unspecified atom stereocenters. The number of nitrogens with zero attached hydrogens (tertiary/aromatic N) is 3. The van der Waals surface area contributed by atoms with E-state index in [4.69, 9.17) is 36.1 Å². The van der Waals surface area contributed by atoms with E-state index in [-0.39, 0.29) is 107 Å². The molecular weight excluding hydrogens is 906 g/mol. The van der Waals surface area contributed by atoms with Gasteiger partial charge in [-0.3, -0.25) is 29.1 Å². The van der Waals surface area contributed by atoms with Gasteiger partial charge in [0.15, 0.2) is 17.5 Å². The van der Waals surface area contributed by atoms with E-state index in [1.807, 2.05) is 42.5 Å². The third-order valence-corrected chi connectivity index (χ3v) is 9.03. The number of amides is 1. The molecule has 0 fully saturated rings. The van der Waals surface area contributed by atoms with Crippen molar-refractivity contribution in [3.05, 3.63) is 179 Å². The van der Waals surface area contributed by atoms with Crippen LogP contribution >= 0.6 is 0 Å². The summed E-state index contributed by atoms with van der Waals surface area (Å²) in [5, 5.41) is 8.43. The number of aliphatic imine (C=N–C) groups is 2. The molecule has 22 heteroatoms. The first kappa shape index (κ1) is 56.9. The Bertz CT molecular complexity index is 2550. The Morgan fingerprint density at radius 2 is 1.22 bits per heavy atom. The molecule has 4 aromatic carbocycles. The van der Waals surface area contributed by atoms with Gasteiger partial charge >= 0.3 is 72.3 Å². The minimum atomic E-state index is -2.95. The number of hydrogen-bond acceptors (Lipinski definition) is 13. The first-order chi connectivity index (χ1) is 31.1. The molecule has 342 valence electrons. The topological polar surface area (TPSA) is 251 Å². The zero-order chi connectivity index (χ0) is 47.5. The van der Waals surface area contributed by atoms with Crippen molar-refractivity contribution in [1.82, 2.24) is 4.90 Å². The number of likely N-dealkylation sites (N-methyl/N-ethyl adjacent to an activating group) is 1. The monoisotopic (exact) mass is 948 g/mol. The van der Waals surface area contributed by atoms with Crippen molar-refractivity contribution in [2.45, 2.75) is 31.6 Å². The first-order valence-electron chi connectivity index (χ1n) is 18.9. The largest absolute Gasteiger partial charge is 1.00 e. The van der Waals surface area contributed by atoms with E-state index in [0.717, 1.165) is 22.6 Å². The number of ether oxygens (including phenoxy) is 2. The second-order valence-corrected chi connectivity index (χ2v) is 13.3. The molecule has 1 amide bonds. The number of rotatable bonds is 14. The molecule has 16 nitrogen and oxygen atoms in total. The Balaban J connectivity index is 0.000000559. The number of nitrogens with two attached hydrogens (primary N) is 3. The number of carbonyl (C=O) groups excluding carboxylic acids is 4. The summed E-state index contributed by atoms with van der Waals surface area (Å²) in [6.07, 6.45) is 4.21. The van der Waals surface area contributed by atoms with Crippen LogP contribution in [-0.4, -0.2) is 68.1 Å². The van der Waals surface area contributed by atoms with Crippen molar-refractivity contribution in [2.75, 3.05) is 14.1 Å². The minimum Gasteiger partial charge on any atom is -1.00 e. The second-order valence-electron chi connectivity index (χ2n) is 13.3. The molecule has 7 rings (SSSR count). The summed E-state index contributed by atoms with van der Waals surface area (Å²) < 4.78 is 68.6. The SMILES string of the molecule is CN1C(=O)C(c2ccc(OC(F)F)cc2)(c2cccc(Cc3ccco3)c2)N=C1N.CN=C(N)N.O=C(C(=O)c1cccc(Cc2ccco2)c1)c1ccc(OC(F)F)cc1.O=CO[O-].[H-].[Na+].[Na+]. The standard InChI is InChI=1S/C22H19F2N3O3.C20H14F2O4.C2H7N3.CH2O3.2Na.H/c1-27-19(28)22(26-21(27)25,15-7-9-17(10-8-15)30-20(23)24)16-5-2-4-14(12-16)13-18-6-3-11-29-18;21-20(22)26-16-8-6-14(7-9-16)18(23)19(24)15-4-1-3-13(11-15)12-17-5-2-10-25-17;1-5-2(3)4;2-1-4-3;;;/h2-12,20H,13H2,1H3,(H2,25,26);1-11,20H,12H2;1H3,(H4,3,4,5);1,3H;;;/q;;;;2*+1;-1/p-1. The van der Waals surface area contributed by atoms with Crippen molar-refractivity contribution in [3.63, 3.8) is 0 Å². The van der Waals surface area contributed by atoms with Crippen LogP contribution in [0, 0.1) is 0 Å². The maximum Gasteiger partial charge on any atom is 1.00 e. The van der Waals surface area contributed by atoms with Crippen molar-refractivity contribution in [1.29, 1.82) is 0 Å². The predicted molar refractivity (Wildman–Crippen MR) is 226 cm³/mol. The molecular formula is C45H42F4N6Na2O10. The summed E-state index contributed by atoms with van der Waals surface area (Å²) in [6, 6.07) is 32.3. The first-order valence-corrected chi connectivity index (χ1v) is 18.9. The van der Waals surface area contributed by atoms with Gasteiger partial charge in [-0.25, -0.2) is 4.99 Å². The van der Waals surface area contributed by atoms with E-state index in [2.05, 4.69) is 24.3 Å². The number of alkyl halides is 4. The third-order valence-electron chi connectivity index (χ3n) is 9.03. The second kappa shape index (κ2) is 28.0. The summed E-state index contributed by atoms with van der Waals surface area (Å²) in [5.41, 5.74) is 17.4. The summed E-state index contributed by atoms with van der Waals surface area (Å²) in [5.74, 6) is -0.0802. The molecule has 2 aromatic heterocycles. The number of halogens is 4. The van der Waals surface area contributed by atoms with Crippen LogP contribution < -0.4 is 91.0 Å². The average Bonchev–Trinajstić information content (AvgIpc) is 4.07. The molecule has 1 aliphatic heterocycles. The van der Waals surface area contributed by atoms with Gasteiger partial charge in [0.1, 0.15) is 23.0 Å². The Morgan fingerprint density at radius 1 is 0.761 bits per heavy atom. The molecule has 6 aromatic rings. The molecule has 1 aliphatic rings. The normalized spacial score (nSPS) is 13.4. The molecule has 6 N–H and O–H groups in total. The van der Waals surface area contributed by atoms with Gasteiger partial charge in [-0.05, 0) is 89.0 Å². The molecule has 0 radical (unpaired) electrons. The van der Waals surface area contributed by atoms with Gasteiger partial charge in [-0.15, -0.1) is 0 Å². The van der Waals surface area contributed by atoms with Crippen molar-refractivity contribution >= 4 is 35.9 Å². The number of benzene rings is 4. The quantitative estimate of drug-likeness (QED) is 0.0143. The van der Waals surface area contributed by atoms with Gasteiger partial charge in [0, 0.05) is 38.1 Å². The average molecular weight is 949 g/mol. The number of Topliss-reactive ketones (excluding diaryl/α,β-unsaturated/α-hetero) is 2. The number of ketones is 2. The Morgan fingerprint density at radius 3 is 1.64 bits per heavy atom. The molecule has 0 spiro atoms. The smallest absolute Gasteiger partial charge is 1.00 e. The fourth-order valence-electron chi connectivity index (χ4n) is 6.07. The van der Waals surface area contributed by atoms with E-state index >= 15 is 0 Å². The van der Waals surface area contributed by atoms with Gasteiger partial charge in [-0.2, -0.15) is 17.6 Å². The predicted octanol–water partition coefficient (Wildman–Crippen LogP) is -0.516. The van der Waals surface area contributed by atoms with Crippen LogP contribution in [0.5, 0.6) is 11.5 Å². The van der Waals surface area contributed by atoms with Crippen LogP contribution in [0.15, 0.2) is 153 Å². The molecule has 3 heterocycles. The Labute approximate surface area is 426 Å². The third kappa shape index (κ3) is 16.5. The maximum atomic E-state index is 13.3. The van der Waals surface area contributed by atoms with Crippen molar-refractivity contribution in [3.8, 4) is 11.5 Å². The van der Waals surface area contributed by atoms with Gasteiger partial charge in [-0.1, -0.05) is 54.6 Å². The molecule has 67 heavy (non-hydrogen) atoms. The molecule has 0 bridgehead atoms. The molecule has 1 atom stereocenters.